The maximum absolute atomic E-state index is 5.77. The Morgan fingerprint density at radius 2 is 1.95 bits per heavy atom. The molecule has 0 amide bonds. The Labute approximate surface area is 128 Å². The van der Waals surface area contributed by atoms with Gasteiger partial charge in [-0.25, -0.2) is 0 Å². The lowest BCUT2D eigenvalue weighted by Crippen LogP contribution is -2.21. The van der Waals surface area contributed by atoms with Crippen LogP contribution in [0, 0.1) is 0 Å². The first-order valence-corrected chi connectivity index (χ1v) is 7.82. The van der Waals surface area contributed by atoms with E-state index < -0.39 is 0 Å². The smallest absolute Gasteiger partial charge is 0.233 e. The lowest BCUT2D eigenvalue weighted by molar-refractivity contribution is 0.376. The fraction of sp³-hybridized carbons (Fsp3) is 0.467. The van der Waals surface area contributed by atoms with E-state index >= 15 is 0 Å². The van der Waals surface area contributed by atoms with Crippen LogP contribution >= 0.6 is 15.9 Å². The minimum Gasteiger partial charge on any atom is -0.423 e. The van der Waals surface area contributed by atoms with Crippen LogP contribution < -0.4 is 5.32 Å². The van der Waals surface area contributed by atoms with Crippen molar-refractivity contribution >= 4 is 15.9 Å². The maximum atomic E-state index is 5.77. The fourth-order valence-corrected chi connectivity index (χ4v) is 2.24. The van der Waals surface area contributed by atoms with Gasteiger partial charge < -0.3 is 9.73 Å². The van der Waals surface area contributed by atoms with E-state index in [2.05, 4.69) is 57.4 Å². The van der Waals surface area contributed by atoms with E-state index in [0.29, 0.717) is 18.2 Å². The van der Waals surface area contributed by atoms with Crippen LogP contribution in [0.4, 0.5) is 0 Å². The molecule has 4 nitrogen and oxygen atoms in total. The van der Waals surface area contributed by atoms with Gasteiger partial charge in [0, 0.05) is 4.47 Å². The first kappa shape index (κ1) is 15.2. The molecule has 0 bridgehead atoms. The molecule has 1 N–H and O–H groups in total. The summed E-state index contributed by atoms with van der Waals surface area (Å²) < 4.78 is 6.84. The van der Waals surface area contributed by atoms with Gasteiger partial charge in [0.25, 0.3) is 0 Å². The second-order valence-electron chi connectivity index (χ2n) is 4.75. The highest BCUT2D eigenvalue weighted by Gasteiger charge is 2.16. The molecule has 0 aliphatic rings. The lowest BCUT2D eigenvalue weighted by atomic mass is 10.1. The van der Waals surface area contributed by atoms with E-state index in [1.54, 1.807) is 0 Å². The molecule has 1 heterocycles. The summed E-state index contributed by atoms with van der Waals surface area (Å²) in [6.45, 7) is 5.22. The average molecular weight is 338 g/mol. The Morgan fingerprint density at radius 3 is 2.60 bits per heavy atom. The Morgan fingerprint density at radius 1 is 1.20 bits per heavy atom. The molecule has 0 fully saturated rings. The Balaban J connectivity index is 2.02. The number of rotatable bonds is 7. The highest BCUT2D eigenvalue weighted by atomic mass is 79.9. The van der Waals surface area contributed by atoms with Crippen LogP contribution in [0.3, 0.4) is 0 Å². The highest BCUT2D eigenvalue weighted by molar-refractivity contribution is 9.10. The van der Waals surface area contributed by atoms with E-state index in [-0.39, 0.29) is 6.04 Å². The van der Waals surface area contributed by atoms with Gasteiger partial charge in [-0.15, -0.1) is 10.2 Å². The molecule has 2 aromatic rings. The Kier molecular flexibility index (Phi) is 5.73. The molecule has 2 rings (SSSR count). The molecule has 0 radical (unpaired) electrons. The number of halogens is 1. The molecule has 20 heavy (non-hydrogen) atoms. The predicted octanol–water partition coefficient (Wildman–Crippen LogP) is 3.87. The second kappa shape index (κ2) is 7.55. The summed E-state index contributed by atoms with van der Waals surface area (Å²) in [5, 5.41) is 11.7. The van der Waals surface area contributed by atoms with Crippen molar-refractivity contribution in [1.29, 1.82) is 0 Å². The van der Waals surface area contributed by atoms with E-state index in [1.165, 1.54) is 0 Å². The molecular formula is C15H20BrN3O. The van der Waals surface area contributed by atoms with E-state index in [9.17, 15) is 0 Å². The SMILES string of the molecule is CCCNC(CC)c1nnc(Cc2ccc(Br)cc2)o1. The molecule has 1 atom stereocenters. The summed E-state index contributed by atoms with van der Waals surface area (Å²) in [5.41, 5.74) is 1.16. The van der Waals surface area contributed by atoms with Crippen molar-refractivity contribution in [3.05, 3.63) is 46.1 Å². The summed E-state index contributed by atoms with van der Waals surface area (Å²) in [5.74, 6) is 1.35. The third kappa shape index (κ3) is 4.15. The van der Waals surface area contributed by atoms with Crippen molar-refractivity contribution in [2.75, 3.05) is 6.54 Å². The summed E-state index contributed by atoms with van der Waals surface area (Å²) in [6, 6.07) is 8.30. The first-order chi connectivity index (χ1) is 9.72. The molecular weight excluding hydrogens is 318 g/mol. The van der Waals surface area contributed by atoms with E-state index in [1.807, 2.05) is 12.1 Å². The van der Waals surface area contributed by atoms with Gasteiger partial charge in [-0.05, 0) is 37.1 Å². The van der Waals surface area contributed by atoms with Crippen LogP contribution in [-0.2, 0) is 6.42 Å². The highest BCUT2D eigenvalue weighted by Crippen LogP contribution is 2.18. The van der Waals surface area contributed by atoms with Gasteiger partial charge in [-0.1, -0.05) is 41.9 Å². The molecule has 0 saturated heterocycles. The van der Waals surface area contributed by atoms with Gasteiger partial charge in [0.15, 0.2) is 0 Å². The standard InChI is InChI=1S/C15H20BrN3O/c1-3-9-17-13(4-2)15-19-18-14(20-15)10-11-5-7-12(16)8-6-11/h5-8,13,17H,3-4,9-10H2,1-2H3. The number of benzene rings is 1. The van der Waals surface area contributed by atoms with Crippen molar-refractivity contribution in [2.24, 2.45) is 0 Å². The third-order valence-electron chi connectivity index (χ3n) is 3.10. The zero-order chi connectivity index (χ0) is 14.4. The zero-order valence-corrected chi connectivity index (χ0v) is 13.5. The number of nitrogens with one attached hydrogen (secondary N) is 1. The van der Waals surface area contributed by atoms with Crippen LogP contribution in [0.2, 0.25) is 0 Å². The number of nitrogens with zero attached hydrogens (tertiary/aromatic N) is 2. The number of hydrogen-bond acceptors (Lipinski definition) is 4. The minimum atomic E-state index is 0.154. The van der Waals surface area contributed by atoms with Gasteiger partial charge >= 0.3 is 0 Å². The number of hydrogen-bond donors (Lipinski definition) is 1. The molecule has 1 aromatic carbocycles. The normalized spacial score (nSPS) is 12.6. The Hall–Kier alpha value is -1.20. The first-order valence-electron chi connectivity index (χ1n) is 7.03. The molecule has 1 unspecified atom stereocenters. The van der Waals surface area contributed by atoms with E-state index in [0.717, 1.165) is 29.4 Å². The van der Waals surface area contributed by atoms with Gasteiger partial charge in [0.1, 0.15) is 0 Å². The molecule has 1 aromatic heterocycles. The van der Waals surface area contributed by atoms with Crippen molar-refractivity contribution < 1.29 is 4.42 Å². The van der Waals surface area contributed by atoms with Gasteiger partial charge in [-0.2, -0.15) is 0 Å². The average Bonchev–Trinajstić information content (AvgIpc) is 2.91. The number of aromatic nitrogens is 2. The Bertz CT molecular complexity index is 524. The van der Waals surface area contributed by atoms with Gasteiger partial charge in [-0.3, -0.25) is 0 Å². The topological polar surface area (TPSA) is 51.0 Å². The van der Waals surface area contributed by atoms with Crippen molar-refractivity contribution in [1.82, 2.24) is 15.5 Å². The summed E-state index contributed by atoms with van der Waals surface area (Å²) in [4.78, 5) is 0. The van der Waals surface area contributed by atoms with E-state index in [4.69, 9.17) is 4.42 Å². The van der Waals surface area contributed by atoms with Crippen LogP contribution in [0.15, 0.2) is 33.2 Å². The zero-order valence-electron chi connectivity index (χ0n) is 11.9. The van der Waals surface area contributed by atoms with Crippen LogP contribution in [0.5, 0.6) is 0 Å². The maximum Gasteiger partial charge on any atom is 0.233 e. The fourth-order valence-electron chi connectivity index (χ4n) is 1.98. The summed E-state index contributed by atoms with van der Waals surface area (Å²) in [6.07, 6.45) is 2.71. The van der Waals surface area contributed by atoms with Crippen molar-refractivity contribution in [2.45, 2.75) is 39.2 Å². The summed E-state index contributed by atoms with van der Waals surface area (Å²) in [7, 11) is 0. The largest absolute Gasteiger partial charge is 0.423 e. The van der Waals surface area contributed by atoms with Crippen molar-refractivity contribution in [3.63, 3.8) is 0 Å². The molecule has 5 heteroatoms. The predicted molar refractivity (Wildman–Crippen MR) is 82.6 cm³/mol. The molecule has 0 aliphatic heterocycles. The van der Waals surface area contributed by atoms with Crippen LogP contribution in [-0.4, -0.2) is 16.7 Å². The van der Waals surface area contributed by atoms with Crippen LogP contribution in [0.25, 0.3) is 0 Å². The summed E-state index contributed by atoms with van der Waals surface area (Å²) >= 11 is 3.43. The minimum absolute atomic E-state index is 0.154. The van der Waals surface area contributed by atoms with Crippen LogP contribution in [0.1, 0.15) is 50.1 Å². The molecule has 0 saturated carbocycles. The quantitative estimate of drug-likeness (QED) is 0.833. The van der Waals surface area contributed by atoms with Crippen molar-refractivity contribution in [3.8, 4) is 0 Å². The molecule has 0 spiro atoms. The lowest BCUT2D eigenvalue weighted by Gasteiger charge is -2.11. The molecule has 0 aliphatic carbocycles. The van der Waals surface area contributed by atoms with Gasteiger partial charge in [0.05, 0.1) is 12.5 Å². The third-order valence-corrected chi connectivity index (χ3v) is 3.63. The second-order valence-corrected chi connectivity index (χ2v) is 5.67. The monoisotopic (exact) mass is 337 g/mol. The van der Waals surface area contributed by atoms with Gasteiger partial charge in [0.2, 0.25) is 11.8 Å². The molecule has 108 valence electrons.